The Hall–Kier alpha value is -7.10. The Morgan fingerprint density at radius 2 is 0.470 bits per heavy atom. The molecule has 0 spiro atoms. The van der Waals surface area contributed by atoms with E-state index in [0.717, 1.165) is 87.6 Å². The molecule has 0 saturated heterocycles. The second kappa shape index (κ2) is 18.4. The van der Waals surface area contributed by atoms with Gasteiger partial charge in [0.1, 0.15) is 34.5 Å². The van der Waals surface area contributed by atoms with E-state index in [9.17, 15) is 0 Å². The summed E-state index contributed by atoms with van der Waals surface area (Å²) >= 11 is 0. The number of rotatable bonds is 13. The summed E-state index contributed by atoms with van der Waals surface area (Å²) < 4.78 is 41.6. The van der Waals surface area contributed by atoms with Gasteiger partial charge in [-0.1, -0.05) is 145 Å². The van der Waals surface area contributed by atoms with E-state index < -0.39 is 17.2 Å². The Balaban J connectivity index is 1.07. The first-order valence-corrected chi connectivity index (χ1v) is 24.2. The molecule has 10 aromatic carbocycles. The first-order chi connectivity index (χ1) is 32.2. The van der Waals surface area contributed by atoms with Gasteiger partial charge in [-0.25, -0.2) is 0 Å². The van der Waals surface area contributed by atoms with Crippen molar-refractivity contribution in [3.8, 4) is 45.6 Å². The molecule has 0 amide bonds. The van der Waals surface area contributed by atoms with E-state index >= 15 is 0 Å². The quantitative estimate of drug-likeness (QED) is 0.107. The molecule has 8 heteroatoms. The SMILES string of the molecule is Cc1ccc(OP(Oc2ccc(C)c3ccccc23)Oc2ccc(C)c3ccccc23)c(-c2cc(C)ccc2OP(Oc2ccc(C)c3ccccc23)Oc2ccc(C)c3ccccc23)c1. The molecule has 0 aliphatic carbocycles. The van der Waals surface area contributed by atoms with Crippen LogP contribution in [0.2, 0.25) is 0 Å². The molecule has 66 heavy (non-hydrogen) atoms. The molecular weight excluding hydrogens is 855 g/mol. The average molecular weight is 903 g/mol. The summed E-state index contributed by atoms with van der Waals surface area (Å²) in [7, 11) is -4.20. The van der Waals surface area contributed by atoms with Crippen molar-refractivity contribution in [1.82, 2.24) is 0 Å². The lowest BCUT2D eigenvalue weighted by molar-refractivity contribution is 0.389. The molecule has 10 rings (SSSR count). The monoisotopic (exact) mass is 902 g/mol. The maximum Gasteiger partial charge on any atom is 0.530 e. The third kappa shape index (κ3) is 8.71. The second-order valence-corrected chi connectivity index (χ2v) is 18.7. The van der Waals surface area contributed by atoms with Crippen LogP contribution in [0.4, 0.5) is 0 Å². The molecule has 0 unspecified atom stereocenters. The number of aryl methyl sites for hydroxylation is 6. The van der Waals surface area contributed by atoms with Gasteiger partial charge in [0.2, 0.25) is 0 Å². The van der Waals surface area contributed by atoms with Crippen LogP contribution in [-0.2, 0) is 0 Å². The second-order valence-electron chi connectivity index (χ2n) is 16.7. The van der Waals surface area contributed by atoms with E-state index in [0.29, 0.717) is 34.5 Å². The van der Waals surface area contributed by atoms with Crippen LogP contribution >= 0.6 is 17.2 Å². The molecule has 0 aliphatic rings. The molecule has 326 valence electrons. The van der Waals surface area contributed by atoms with Crippen molar-refractivity contribution in [2.45, 2.75) is 41.5 Å². The van der Waals surface area contributed by atoms with E-state index in [1.165, 1.54) is 0 Å². The van der Waals surface area contributed by atoms with Crippen LogP contribution in [0.3, 0.4) is 0 Å². The van der Waals surface area contributed by atoms with E-state index in [-0.39, 0.29) is 0 Å². The van der Waals surface area contributed by atoms with Gasteiger partial charge in [0, 0.05) is 32.7 Å². The van der Waals surface area contributed by atoms with Gasteiger partial charge in [-0.2, -0.15) is 0 Å². The average Bonchev–Trinajstić information content (AvgIpc) is 3.34. The molecule has 0 aliphatic heterocycles. The standard InChI is InChI=1S/C58H48O6P2/c1-37-23-29-57(63-65(59-53-31-25-39(3)43-15-7-11-19-47(43)53)60-54-32-26-40(4)44-16-8-12-20-48(44)54)51(35-37)52-36-38(2)24-30-58(52)64-66(61-55-33-27-41(5)45-17-9-13-21-49(45)55)62-56-34-28-42(6)46-18-10-14-22-50(46)56/h7-36H,1-6H3. The number of fused-ring (bicyclic) bond motifs is 4. The molecule has 0 N–H and O–H groups in total. The van der Waals surface area contributed by atoms with Crippen LogP contribution in [0.5, 0.6) is 34.5 Å². The van der Waals surface area contributed by atoms with Crippen LogP contribution < -0.4 is 27.1 Å². The molecule has 0 heterocycles. The zero-order valence-electron chi connectivity index (χ0n) is 37.7. The fraction of sp³-hybridized carbons (Fsp3) is 0.103. The predicted molar refractivity (Wildman–Crippen MR) is 274 cm³/mol. The Labute approximate surface area is 388 Å². The number of benzene rings is 10. The largest absolute Gasteiger partial charge is 0.530 e. The van der Waals surface area contributed by atoms with E-state index in [1.54, 1.807) is 0 Å². The van der Waals surface area contributed by atoms with Gasteiger partial charge in [-0.15, -0.1) is 0 Å². The Kier molecular flexibility index (Phi) is 11.9. The summed E-state index contributed by atoms with van der Waals surface area (Å²) in [4.78, 5) is 0. The lowest BCUT2D eigenvalue weighted by atomic mass is 10.00. The van der Waals surface area contributed by atoms with Crippen molar-refractivity contribution < 1.29 is 27.1 Å². The molecule has 0 fully saturated rings. The van der Waals surface area contributed by atoms with Crippen molar-refractivity contribution in [2.75, 3.05) is 0 Å². The molecule has 0 bridgehead atoms. The summed E-state index contributed by atoms with van der Waals surface area (Å²) in [6, 6.07) is 61.5. The topological polar surface area (TPSA) is 55.4 Å². The number of hydrogen-bond acceptors (Lipinski definition) is 6. The van der Waals surface area contributed by atoms with Crippen LogP contribution in [0, 0.1) is 41.5 Å². The van der Waals surface area contributed by atoms with Gasteiger partial charge in [0.15, 0.2) is 0 Å². The highest BCUT2D eigenvalue weighted by molar-refractivity contribution is 7.43. The highest BCUT2D eigenvalue weighted by Gasteiger charge is 2.28. The lowest BCUT2D eigenvalue weighted by Gasteiger charge is -2.23. The predicted octanol–water partition coefficient (Wildman–Crippen LogP) is 17.3. The van der Waals surface area contributed by atoms with Gasteiger partial charge in [0.25, 0.3) is 0 Å². The summed E-state index contributed by atoms with van der Waals surface area (Å²) in [6.07, 6.45) is 0. The highest BCUT2D eigenvalue weighted by atomic mass is 31.2. The zero-order valence-corrected chi connectivity index (χ0v) is 39.5. The highest BCUT2D eigenvalue weighted by Crippen LogP contribution is 2.52. The minimum Gasteiger partial charge on any atom is -0.408 e. The zero-order chi connectivity index (χ0) is 45.3. The molecule has 0 saturated carbocycles. The third-order valence-electron chi connectivity index (χ3n) is 12.0. The van der Waals surface area contributed by atoms with Gasteiger partial charge in [0.05, 0.1) is 0 Å². The van der Waals surface area contributed by atoms with E-state index in [4.69, 9.17) is 27.1 Å². The van der Waals surface area contributed by atoms with Crippen LogP contribution in [0.1, 0.15) is 33.4 Å². The van der Waals surface area contributed by atoms with Crippen LogP contribution in [-0.4, -0.2) is 0 Å². The van der Waals surface area contributed by atoms with Gasteiger partial charge in [-0.3, -0.25) is 0 Å². The maximum absolute atomic E-state index is 7.04. The normalized spacial score (nSPS) is 11.5. The maximum atomic E-state index is 7.04. The van der Waals surface area contributed by atoms with Gasteiger partial charge >= 0.3 is 17.2 Å². The third-order valence-corrected chi connectivity index (χ3v) is 14.1. The minimum absolute atomic E-state index is 0.565. The first kappa shape index (κ1) is 42.8. The van der Waals surface area contributed by atoms with E-state index in [2.05, 4.69) is 126 Å². The first-order valence-electron chi connectivity index (χ1n) is 22.0. The van der Waals surface area contributed by atoms with Crippen molar-refractivity contribution in [3.05, 3.63) is 215 Å². The molecular formula is C58H48O6P2. The summed E-state index contributed by atoms with van der Waals surface area (Å²) in [6.45, 7) is 12.6. The van der Waals surface area contributed by atoms with Gasteiger partial charge in [-0.05, 0) is 134 Å². The van der Waals surface area contributed by atoms with Gasteiger partial charge < -0.3 is 27.1 Å². The van der Waals surface area contributed by atoms with E-state index in [1.807, 2.05) is 97.1 Å². The lowest BCUT2D eigenvalue weighted by Crippen LogP contribution is -2.06. The smallest absolute Gasteiger partial charge is 0.408 e. The fourth-order valence-corrected chi connectivity index (χ4v) is 10.6. The molecule has 10 aromatic rings. The van der Waals surface area contributed by atoms with Crippen LogP contribution in [0.25, 0.3) is 54.2 Å². The fourth-order valence-electron chi connectivity index (χ4n) is 8.47. The van der Waals surface area contributed by atoms with Crippen molar-refractivity contribution in [2.24, 2.45) is 0 Å². The summed E-state index contributed by atoms with van der Waals surface area (Å²) in [5, 5.41) is 8.29. The Bertz CT molecular complexity index is 3040. The molecule has 0 atom stereocenters. The summed E-state index contributed by atoms with van der Waals surface area (Å²) in [5.41, 5.74) is 8.29. The molecule has 0 aromatic heterocycles. The molecule has 0 radical (unpaired) electrons. The minimum atomic E-state index is -2.10. The summed E-state index contributed by atoms with van der Waals surface area (Å²) in [5.74, 6) is 3.79. The Morgan fingerprint density at radius 3 is 0.742 bits per heavy atom. The number of hydrogen-bond donors (Lipinski definition) is 0. The Morgan fingerprint density at radius 1 is 0.242 bits per heavy atom. The molecule has 6 nitrogen and oxygen atoms in total. The van der Waals surface area contributed by atoms with Crippen molar-refractivity contribution >= 4 is 60.3 Å². The van der Waals surface area contributed by atoms with Crippen molar-refractivity contribution in [1.29, 1.82) is 0 Å². The van der Waals surface area contributed by atoms with Crippen LogP contribution in [0.15, 0.2) is 182 Å². The van der Waals surface area contributed by atoms with Crippen molar-refractivity contribution in [3.63, 3.8) is 0 Å².